The fourth-order valence-corrected chi connectivity index (χ4v) is 3.74. The number of nitrogens with one attached hydrogen (secondary N) is 1. The fourth-order valence-electron chi connectivity index (χ4n) is 3.74. The van der Waals surface area contributed by atoms with Crippen LogP contribution in [-0.4, -0.2) is 33.2 Å². The zero-order valence-electron chi connectivity index (χ0n) is 15.0. The van der Waals surface area contributed by atoms with Gasteiger partial charge in [0.25, 0.3) is 0 Å². The van der Waals surface area contributed by atoms with E-state index < -0.39 is 0 Å². The Labute approximate surface area is 150 Å². The van der Waals surface area contributed by atoms with Gasteiger partial charge in [0.05, 0.1) is 12.6 Å². The second-order valence-corrected chi connectivity index (χ2v) is 6.90. The molecule has 1 aliphatic carbocycles. The van der Waals surface area contributed by atoms with E-state index in [9.17, 15) is 9.59 Å². The summed E-state index contributed by atoms with van der Waals surface area (Å²) in [4.78, 5) is 25.2. The topological polar surface area (TPSA) is 77.6 Å². The van der Waals surface area contributed by atoms with Crippen molar-refractivity contribution >= 4 is 22.5 Å². The quantitative estimate of drug-likeness (QED) is 0.778. The van der Waals surface area contributed by atoms with Gasteiger partial charge in [-0.15, -0.1) is 5.10 Å². The third-order valence-electron chi connectivity index (χ3n) is 5.05. The van der Waals surface area contributed by atoms with Crippen molar-refractivity contribution in [2.75, 3.05) is 7.11 Å². The van der Waals surface area contributed by atoms with Crippen LogP contribution in [-0.2, 0) is 11.3 Å². The van der Waals surface area contributed by atoms with Crippen molar-refractivity contribution in [1.82, 2.24) is 19.5 Å². The zero-order valence-corrected chi connectivity index (χ0v) is 15.0. The number of fused-ring (bicyclic) bond motifs is 3. The first-order valence-corrected chi connectivity index (χ1v) is 8.93. The third kappa shape index (κ3) is 2.83. The molecule has 7 heteroatoms. The van der Waals surface area contributed by atoms with Crippen molar-refractivity contribution in [3.05, 3.63) is 40.3 Å². The molecule has 1 N–H and O–H groups in total. The highest BCUT2D eigenvalue weighted by Gasteiger charge is 2.19. The van der Waals surface area contributed by atoms with E-state index in [1.165, 1.54) is 4.68 Å². The van der Waals surface area contributed by atoms with Crippen molar-refractivity contribution in [2.45, 2.75) is 45.2 Å². The number of aryl methyl sites for hydroxylation is 1. The Balaban J connectivity index is 1.73. The van der Waals surface area contributed by atoms with E-state index in [4.69, 9.17) is 4.74 Å². The average Bonchev–Trinajstić information content (AvgIpc) is 3.24. The third-order valence-corrected chi connectivity index (χ3v) is 5.05. The second kappa shape index (κ2) is 6.48. The molecule has 7 nitrogen and oxygen atoms in total. The van der Waals surface area contributed by atoms with Gasteiger partial charge in [-0.3, -0.25) is 4.79 Å². The standard InChI is InChI=1S/C19H22N4O3/c1-12-9-13-10-15(26-2)7-8-16(13)23-18(12)21-22(19(23)25)11-17(24)20-14-5-3-4-6-14/h7-10,14H,3-6,11H2,1-2H3,(H,20,24). The van der Waals surface area contributed by atoms with E-state index in [1.807, 2.05) is 31.2 Å². The number of aromatic nitrogens is 3. The first-order chi connectivity index (χ1) is 12.6. The molecule has 1 saturated carbocycles. The molecule has 0 bridgehead atoms. The molecule has 1 fully saturated rings. The summed E-state index contributed by atoms with van der Waals surface area (Å²) >= 11 is 0. The summed E-state index contributed by atoms with van der Waals surface area (Å²) in [6, 6.07) is 7.74. The number of hydrogen-bond donors (Lipinski definition) is 1. The van der Waals surface area contributed by atoms with Gasteiger partial charge in [0.1, 0.15) is 12.3 Å². The van der Waals surface area contributed by atoms with Crippen LogP contribution in [0.2, 0.25) is 0 Å². The summed E-state index contributed by atoms with van der Waals surface area (Å²) in [7, 11) is 1.61. The van der Waals surface area contributed by atoms with Crippen molar-refractivity contribution in [2.24, 2.45) is 0 Å². The van der Waals surface area contributed by atoms with Gasteiger partial charge >= 0.3 is 5.69 Å². The minimum Gasteiger partial charge on any atom is -0.497 e. The van der Waals surface area contributed by atoms with E-state index >= 15 is 0 Å². The summed E-state index contributed by atoms with van der Waals surface area (Å²) in [5, 5.41) is 8.29. The summed E-state index contributed by atoms with van der Waals surface area (Å²) in [6.45, 7) is 1.84. The van der Waals surface area contributed by atoms with E-state index in [1.54, 1.807) is 11.5 Å². The first-order valence-electron chi connectivity index (χ1n) is 8.93. The van der Waals surface area contributed by atoms with Gasteiger partial charge in [-0.05, 0) is 49.6 Å². The molecule has 1 aromatic carbocycles. The van der Waals surface area contributed by atoms with Crippen LogP contribution in [0.15, 0.2) is 29.1 Å². The Bertz CT molecular complexity index is 1040. The van der Waals surface area contributed by atoms with E-state index in [-0.39, 0.29) is 24.2 Å². The first kappa shape index (κ1) is 16.6. The number of benzene rings is 1. The molecule has 0 atom stereocenters. The summed E-state index contributed by atoms with van der Waals surface area (Å²) in [5.41, 5.74) is 1.89. The number of ether oxygens (including phenoxy) is 1. The summed E-state index contributed by atoms with van der Waals surface area (Å²) in [6.07, 6.45) is 4.32. The molecule has 3 aromatic rings. The molecule has 2 aromatic heterocycles. The highest BCUT2D eigenvalue weighted by Crippen LogP contribution is 2.23. The summed E-state index contributed by atoms with van der Waals surface area (Å²) < 4.78 is 8.07. The Kier molecular flexibility index (Phi) is 4.14. The Morgan fingerprint density at radius 3 is 2.81 bits per heavy atom. The molecule has 4 rings (SSSR count). The summed E-state index contributed by atoms with van der Waals surface area (Å²) in [5.74, 6) is 0.568. The smallest absolute Gasteiger partial charge is 0.351 e. The minimum absolute atomic E-state index is 0.0614. The zero-order chi connectivity index (χ0) is 18.3. The van der Waals surface area contributed by atoms with Crippen LogP contribution < -0.4 is 15.7 Å². The molecule has 0 radical (unpaired) electrons. The Morgan fingerprint density at radius 2 is 2.08 bits per heavy atom. The normalized spacial score (nSPS) is 15.0. The van der Waals surface area contributed by atoms with Gasteiger partial charge in [-0.1, -0.05) is 12.8 Å². The number of amides is 1. The fraction of sp³-hybridized carbons (Fsp3) is 0.421. The van der Waals surface area contributed by atoms with Crippen LogP contribution in [0.5, 0.6) is 5.75 Å². The van der Waals surface area contributed by atoms with Crippen LogP contribution >= 0.6 is 0 Å². The molecule has 0 saturated heterocycles. The van der Waals surface area contributed by atoms with Gasteiger partial charge in [0.2, 0.25) is 5.91 Å². The number of methoxy groups -OCH3 is 1. The minimum atomic E-state index is -0.305. The SMILES string of the molecule is COc1ccc2c(c1)cc(C)c1nn(CC(=O)NC3CCCC3)c(=O)n12. The number of carbonyl (C=O) groups is 1. The van der Waals surface area contributed by atoms with Crippen molar-refractivity contribution in [1.29, 1.82) is 0 Å². The monoisotopic (exact) mass is 354 g/mol. The van der Waals surface area contributed by atoms with Crippen LogP contribution in [0.4, 0.5) is 0 Å². The second-order valence-electron chi connectivity index (χ2n) is 6.90. The number of hydrogen-bond acceptors (Lipinski definition) is 4. The van der Waals surface area contributed by atoms with E-state index in [0.29, 0.717) is 5.65 Å². The lowest BCUT2D eigenvalue weighted by Crippen LogP contribution is -2.37. The molecular formula is C19H22N4O3. The molecule has 0 spiro atoms. The highest BCUT2D eigenvalue weighted by molar-refractivity contribution is 5.84. The van der Waals surface area contributed by atoms with Crippen LogP contribution in [0.1, 0.15) is 31.2 Å². The van der Waals surface area contributed by atoms with Crippen molar-refractivity contribution in [3.8, 4) is 5.75 Å². The van der Waals surface area contributed by atoms with Gasteiger partial charge in [-0.2, -0.15) is 0 Å². The maximum absolute atomic E-state index is 12.9. The van der Waals surface area contributed by atoms with E-state index in [2.05, 4.69) is 10.4 Å². The predicted octanol–water partition coefficient (Wildman–Crippen LogP) is 2.03. The molecule has 26 heavy (non-hydrogen) atoms. The lowest BCUT2D eigenvalue weighted by molar-refractivity contribution is -0.122. The number of nitrogens with zero attached hydrogens (tertiary/aromatic N) is 3. The number of pyridine rings is 1. The number of rotatable bonds is 4. The predicted molar refractivity (Wildman–Crippen MR) is 98.6 cm³/mol. The van der Waals surface area contributed by atoms with Gasteiger partial charge in [0.15, 0.2) is 5.65 Å². The van der Waals surface area contributed by atoms with Crippen LogP contribution in [0.3, 0.4) is 0 Å². The Morgan fingerprint density at radius 1 is 1.31 bits per heavy atom. The molecule has 0 unspecified atom stereocenters. The van der Waals surface area contributed by atoms with Gasteiger partial charge in [0, 0.05) is 11.4 Å². The van der Waals surface area contributed by atoms with Crippen molar-refractivity contribution < 1.29 is 9.53 Å². The molecule has 2 heterocycles. The van der Waals surface area contributed by atoms with Gasteiger partial charge < -0.3 is 10.1 Å². The average molecular weight is 354 g/mol. The highest BCUT2D eigenvalue weighted by atomic mass is 16.5. The van der Waals surface area contributed by atoms with Gasteiger partial charge in [-0.25, -0.2) is 13.9 Å². The Hall–Kier alpha value is -2.83. The number of carbonyl (C=O) groups excluding carboxylic acids is 1. The van der Waals surface area contributed by atoms with E-state index in [0.717, 1.165) is 47.9 Å². The van der Waals surface area contributed by atoms with Crippen LogP contribution in [0, 0.1) is 6.92 Å². The lowest BCUT2D eigenvalue weighted by Gasteiger charge is -2.11. The molecule has 1 aliphatic rings. The van der Waals surface area contributed by atoms with Crippen LogP contribution in [0.25, 0.3) is 16.6 Å². The molecular weight excluding hydrogens is 332 g/mol. The molecule has 0 aliphatic heterocycles. The molecule has 136 valence electrons. The maximum Gasteiger partial charge on any atom is 0.351 e. The maximum atomic E-state index is 12.9. The molecule has 1 amide bonds. The van der Waals surface area contributed by atoms with Crippen molar-refractivity contribution in [3.63, 3.8) is 0 Å². The largest absolute Gasteiger partial charge is 0.497 e. The lowest BCUT2D eigenvalue weighted by atomic mass is 10.1.